The smallest absolute Gasteiger partial charge is 0.250 e. The molecule has 2 N–H and O–H groups in total. The Bertz CT molecular complexity index is 460. The molecule has 0 spiro atoms. The van der Waals surface area contributed by atoms with Gasteiger partial charge in [-0.3, -0.25) is 9.59 Å². The Morgan fingerprint density at radius 1 is 1.60 bits per heavy atom. The van der Waals surface area contributed by atoms with Crippen molar-refractivity contribution in [3.63, 3.8) is 0 Å². The van der Waals surface area contributed by atoms with Crippen LogP contribution < -0.4 is 10.5 Å². The van der Waals surface area contributed by atoms with E-state index in [1.807, 2.05) is 0 Å². The Hall–Kier alpha value is -2.35. The van der Waals surface area contributed by atoms with E-state index in [4.69, 9.17) is 15.7 Å². The number of amides is 1. The number of primary amides is 1. The first-order valence-corrected chi connectivity index (χ1v) is 4.01. The van der Waals surface area contributed by atoms with Crippen LogP contribution in [0.15, 0.2) is 12.1 Å². The largest absolute Gasteiger partial charge is 0.497 e. The second-order valence-electron chi connectivity index (χ2n) is 2.73. The van der Waals surface area contributed by atoms with Crippen LogP contribution in [-0.4, -0.2) is 19.3 Å². The number of hydrogen-bond acceptors (Lipinski definition) is 4. The molecule has 76 valence electrons. The topological polar surface area (TPSA) is 93.2 Å². The van der Waals surface area contributed by atoms with E-state index in [1.54, 1.807) is 6.07 Å². The minimum Gasteiger partial charge on any atom is -0.497 e. The van der Waals surface area contributed by atoms with Crippen LogP contribution in [0, 0.1) is 11.3 Å². The molecule has 1 amide bonds. The second-order valence-corrected chi connectivity index (χ2v) is 2.73. The zero-order chi connectivity index (χ0) is 11.4. The highest BCUT2D eigenvalue weighted by Crippen LogP contribution is 2.20. The minimum atomic E-state index is -0.809. The molecular formula is C10H8N2O3. The van der Waals surface area contributed by atoms with E-state index in [2.05, 4.69) is 0 Å². The summed E-state index contributed by atoms with van der Waals surface area (Å²) in [6.07, 6.45) is 0.462. The number of benzene rings is 1. The molecule has 0 heterocycles. The Balaban J connectivity index is 3.55. The number of nitrogens with zero attached hydrogens (tertiary/aromatic N) is 1. The Labute approximate surface area is 86.1 Å². The number of carbonyl (C=O) groups excluding carboxylic acids is 2. The van der Waals surface area contributed by atoms with Crippen LogP contribution in [0.5, 0.6) is 5.75 Å². The number of ether oxygens (including phenoxy) is 1. The van der Waals surface area contributed by atoms with Gasteiger partial charge in [0.15, 0.2) is 6.29 Å². The lowest BCUT2D eigenvalue weighted by molar-refractivity contribution is 0.0992. The summed E-state index contributed by atoms with van der Waals surface area (Å²) < 4.78 is 4.87. The van der Waals surface area contributed by atoms with Gasteiger partial charge in [-0.2, -0.15) is 5.26 Å². The summed E-state index contributed by atoms with van der Waals surface area (Å²) in [5.74, 6) is -0.477. The zero-order valence-electron chi connectivity index (χ0n) is 7.98. The third-order valence-corrected chi connectivity index (χ3v) is 1.87. The van der Waals surface area contributed by atoms with Gasteiger partial charge in [0.1, 0.15) is 11.8 Å². The number of nitriles is 1. The summed E-state index contributed by atoms with van der Waals surface area (Å²) in [5, 5.41) is 8.78. The van der Waals surface area contributed by atoms with E-state index in [0.29, 0.717) is 12.0 Å². The maximum atomic E-state index is 11.0. The van der Waals surface area contributed by atoms with Crippen molar-refractivity contribution < 1.29 is 14.3 Å². The van der Waals surface area contributed by atoms with Crippen LogP contribution in [0.4, 0.5) is 0 Å². The molecule has 15 heavy (non-hydrogen) atoms. The van der Waals surface area contributed by atoms with Crippen LogP contribution in [0.1, 0.15) is 26.3 Å². The quantitative estimate of drug-likeness (QED) is 0.724. The standard InChI is InChI=1S/C10H8N2O3/c1-15-8-2-6(4-11)9(10(12)14)7(3-8)5-13/h2-3,5H,1H3,(H2,12,14). The summed E-state index contributed by atoms with van der Waals surface area (Å²) in [6, 6.07) is 4.50. The SMILES string of the molecule is COc1cc(C#N)c(C(N)=O)c(C=O)c1. The lowest BCUT2D eigenvalue weighted by Crippen LogP contribution is -2.15. The Morgan fingerprint density at radius 2 is 2.27 bits per heavy atom. The van der Waals surface area contributed by atoms with E-state index in [0.717, 1.165) is 0 Å². The number of methoxy groups -OCH3 is 1. The Kier molecular flexibility index (Phi) is 3.03. The van der Waals surface area contributed by atoms with Crippen molar-refractivity contribution in [2.24, 2.45) is 5.73 Å². The molecule has 0 saturated heterocycles. The molecule has 5 heteroatoms. The number of aldehydes is 1. The van der Waals surface area contributed by atoms with Gasteiger partial charge in [-0.05, 0) is 12.1 Å². The molecule has 0 atom stereocenters. The average molecular weight is 204 g/mol. The summed E-state index contributed by atoms with van der Waals surface area (Å²) in [6.45, 7) is 0. The predicted molar refractivity (Wildman–Crippen MR) is 51.6 cm³/mol. The molecule has 0 bridgehead atoms. The molecule has 0 radical (unpaired) electrons. The van der Waals surface area contributed by atoms with Gasteiger partial charge in [-0.25, -0.2) is 0 Å². The molecule has 1 aromatic carbocycles. The van der Waals surface area contributed by atoms with Crippen molar-refractivity contribution in [2.75, 3.05) is 7.11 Å². The highest BCUT2D eigenvalue weighted by Gasteiger charge is 2.15. The second kappa shape index (κ2) is 4.24. The molecule has 0 saturated carbocycles. The molecule has 1 rings (SSSR count). The molecule has 0 fully saturated rings. The van der Waals surface area contributed by atoms with Crippen molar-refractivity contribution in [1.29, 1.82) is 5.26 Å². The van der Waals surface area contributed by atoms with E-state index < -0.39 is 5.91 Å². The normalized spacial score (nSPS) is 9.07. The fourth-order valence-electron chi connectivity index (χ4n) is 1.21. The third kappa shape index (κ3) is 1.94. The number of nitrogens with two attached hydrogens (primary N) is 1. The van der Waals surface area contributed by atoms with Gasteiger partial charge >= 0.3 is 0 Å². The van der Waals surface area contributed by atoms with Crippen LogP contribution in [0.25, 0.3) is 0 Å². The molecule has 0 aromatic heterocycles. The van der Waals surface area contributed by atoms with Crippen LogP contribution in [-0.2, 0) is 0 Å². The molecule has 5 nitrogen and oxygen atoms in total. The van der Waals surface area contributed by atoms with Gasteiger partial charge in [0.25, 0.3) is 5.91 Å². The van der Waals surface area contributed by atoms with Crippen molar-refractivity contribution in [1.82, 2.24) is 0 Å². The zero-order valence-corrected chi connectivity index (χ0v) is 7.98. The maximum absolute atomic E-state index is 11.0. The monoisotopic (exact) mass is 204 g/mol. The summed E-state index contributed by atoms with van der Waals surface area (Å²) >= 11 is 0. The van der Waals surface area contributed by atoms with Crippen molar-refractivity contribution in [3.05, 3.63) is 28.8 Å². The van der Waals surface area contributed by atoms with Gasteiger partial charge in [-0.1, -0.05) is 0 Å². The Morgan fingerprint density at radius 3 is 2.67 bits per heavy atom. The van der Waals surface area contributed by atoms with E-state index in [-0.39, 0.29) is 16.7 Å². The summed E-state index contributed by atoms with van der Waals surface area (Å²) in [4.78, 5) is 21.7. The highest BCUT2D eigenvalue weighted by atomic mass is 16.5. The predicted octanol–water partition coefficient (Wildman–Crippen LogP) is 0.478. The maximum Gasteiger partial charge on any atom is 0.250 e. The van der Waals surface area contributed by atoms with Crippen molar-refractivity contribution in [2.45, 2.75) is 0 Å². The minimum absolute atomic E-state index is 0.0314. The summed E-state index contributed by atoms with van der Waals surface area (Å²) in [7, 11) is 1.40. The molecule has 0 aliphatic carbocycles. The average Bonchev–Trinajstić information content (AvgIpc) is 2.26. The fraction of sp³-hybridized carbons (Fsp3) is 0.100. The van der Waals surface area contributed by atoms with Crippen molar-refractivity contribution >= 4 is 12.2 Å². The van der Waals surface area contributed by atoms with Crippen LogP contribution in [0.2, 0.25) is 0 Å². The molecule has 0 unspecified atom stereocenters. The first kappa shape index (κ1) is 10.7. The first-order valence-electron chi connectivity index (χ1n) is 4.01. The third-order valence-electron chi connectivity index (χ3n) is 1.87. The lowest BCUT2D eigenvalue weighted by Gasteiger charge is -2.06. The number of hydrogen-bond donors (Lipinski definition) is 1. The van der Waals surface area contributed by atoms with E-state index >= 15 is 0 Å². The molecular weight excluding hydrogens is 196 g/mol. The summed E-state index contributed by atoms with van der Waals surface area (Å²) in [5.41, 5.74) is 5.08. The van der Waals surface area contributed by atoms with E-state index in [9.17, 15) is 9.59 Å². The first-order chi connectivity index (χ1) is 7.13. The van der Waals surface area contributed by atoms with Gasteiger partial charge in [-0.15, -0.1) is 0 Å². The number of rotatable bonds is 3. The van der Waals surface area contributed by atoms with Gasteiger partial charge < -0.3 is 10.5 Å². The number of carbonyl (C=O) groups is 2. The lowest BCUT2D eigenvalue weighted by atomic mass is 10.0. The molecule has 1 aromatic rings. The van der Waals surface area contributed by atoms with Crippen molar-refractivity contribution in [3.8, 4) is 11.8 Å². The van der Waals surface area contributed by atoms with Crippen LogP contribution in [0.3, 0.4) is 0 Å². The molecule has 0 aliphatic heterocycles. The van der Waals surface area contributed by atoms with E-state index in [1.165, 1.54) is 19.2 Å². The van der Waals surface area contributed by atoms with Crippen LogP contribution >= 0.6 is 0 Å². The van der Waals surface area contributed by atoms with Gasteiger partial charge in [0.2, 0.25) is 0 Å². The van der Waals surface area contributed by atoms with Gasteiger partial charge in [0.05, 0.1) is 18.2 Å². The highest BCUT2D eigenvalue weighted by molar-refractivity contribution is 6.03. The molecule has 0 aliphatic rings. The van der Waals surface area contributed by atoms with Gasteiger partial charge in [0, 0.05) is 5.56 Å². The fourth-order valence-corrected chi connectivity index (χ4v) is 1.21.